The Labute approximate surface area is 112 Å². The molecule has 2 atom stereocenters. The van der Waals surface area contributed by atoms with Crippen molar-refractivity contribution in [1.82, 2.24) is 5.32 Å². The number of hydrogen-bond donors (Lipinski definition) is 1. The fourth-order valence-electron chi connectivity index (χ4n) is 1.79. The third-order valence-corrected chi connectivity index (χ3v) is 3.25. The van der Waals surface area contributed by atoms with Crippen LogP contribution in [-0.4, -0.2) is 12.6 Å². The summed E-state index contributed by atoms with van der Waals surface area (Å²) < 4.78 is 5.85. The van der Waals surface area contributed by atoms with Crippen molar-refractivity contribution < 1.29 is 4.74 Å². The van der Waals surface area contributed by atoms with Gasteiger partial charge in [-0.05, 0) is 50.9 Å². The molecule has 18 heavy (non-hydrogen) atoms. The van der Waals surface area contributed by atoms with E-state index in [4.69, 9.17) is 4.74 Å². The Kier molecular flexibility index (Phi) is 6.81. The first-order valence-electron chi connectivity index (χ1n) is 7.17. The van der Waals surface area contributed by atoms with Crippen LogP contribution < -0.4 is 10.1 Å². The van der Waals surface area contributed by atoms with Crippen LogP contribution in [0.25, 0.3) is 0 Å². The Balaban J connectivity index is 2.57. The maximum absolute atomic E-state index is 5.85. The van der Waals surface area contributed by atoms with Gasteiger partial charge in [0.25, 0.3) is 0 Å². The second-order valence-corrected chi connectivity index (χ2v) is 4.94. The maximum Gasteiger partial charge on any atom is 0.120 e. The second-order valence-electron chi connectivity index (χ2n) is 4.94. The summed E-state index contributed by atoms with van der Waals surface area (Å²) in [4.78, 5) is 0. The summed E-state index contributed by atoms with van der Waals surface area (Å²) in [5, 5.41) is 3.54. The smallest absolute Gasteiger partial charge is 0.120 e. The minimum Gasteiger partial charge on any atom is -0.491 e. The number of nitrogens with one attached hydrogen (secondary N) is 1. The van der Waals surface area contributed by atoms with E-state index in [9.17, 15) is 0 Å². The van der Waals surface area contributed by atoms with E-state index in [0.29, 0.717) is 6.04 Å². The van der Waals surface area contributed by atoms with Crippen molar-refractivity contribution in [3.05, 3.63) is 29.8 Å². The molecule has 1 aromatic rings. The van der Waals surface area contributed by atoms with E-state index in [1.165, 1.54) is 18.4 Å². The summed E-state index contributed by atoms with van der Waals surface area (Å²) in [5.74, 6) is 0.978. The minimum atomic E-state index is 0.281. The highest BCUT2D eigenvalue weighted by molar-refractivity contribution is 5.30. The number of hydrogen-bond acceptors (Lipinski definition) is 2. The number of rotatable bonds is 8. The van der Waals surface area contributed by atoms with Crippen LogP contribution in [0.5, 0.6) is 5.75 Å². The molecule has 1 aromatic carbocycles. The lowest BCUT2D eigenvalue weighted by atomic mass is 10.1. The van der Waals surface area contributed by atoms with Gasteiger partial charge in [0.1, 0.15) is 5.75 Å². The Morgan fingerprint density at radius 2 is 2.00 bits per heavy atom. The average Bonchev–Trinajstić information content (AvgIpc) is 2.39. The second kappa shape index (κ2) is 8.15. The fourth-order valence-corrected chi connectivity index (χ4v) is 1.79. The van der Waals surface area contributed by atoms with Crippen molar-refractivity contribution in [2.24, 2.45) is 0 Å². The molecule has 0 saturated heterocycles. The molecule has 0 aliphatic heterocycles. The molecular weight excluding hydrogens is 222 g/mol. The van der Waals surface area contributed by atoms with Crippen LogP contribution in [0.15, 0.2) is 24.3 Å². The fraction of sp³-hybridized carbons (Fsp3) is 0.625. The maximum atomic E-state index is 5.85. The summed E-state index contributed by atoms with van der Waals surface area (Å²) in [6.07, 6.45) is 3.78. The topological polar surface area (TPSA) is 21.3 Å². The Morgan fingerprint density at radius 3 is 2.67 bits per heavy atom. The third kappa shape index (κ3) is 5.09. The molecule has 2 nitrogen and oxygen atoms in total. The van der Waals surface area contributed by atoms with Gasteiger partial charge in [-0.15, -0.1) is 0 Å². The molecule has 2 heteroatoms. The highest BCUT2D eigenvalue weighted by atomic mass is 16.5. The molecule has 0 fully saturated rings. The molecule has 0 heterocycles. The molecule has 0 aromatic heterocycles. The summed E-state index contributed by atoms with van der Waals surface area (Å²) in [7, 11) is 0. The van der Waals surface area contributed by atoms with Gasteiger partial charge >= 0.3 is 0 Å². The van der Waals surface area contributed by atoms with Gasteiger partial charge in [-0.25, -0.2) is 0 Å². The quantitative estimate of drug-likeness (QED) is 0.693. The molecule has 0 aliphatic carbocycles. The van der Waals surface area contributed by atoms with Crippen molar-refractivity contribution >= 4 is 0 Å². The normalized spacial score (nSPS) is 14.2. The van der Waals surface area contributed by atoms with E-state index in [2.05, 4.69) is 51.2 Å². The van der Waals surface area contributed by atoms with E-state index in [1.807, 2.05) is 6.07 Å². The van der Waals surface area contributed by atoms with Gasteiger partial charge in [-0.2, -0.15) is 0 Å². The van der Waals surface area contributed by atoms with Crippen LogP contribution in [0.4, 0.5) is 0 Å². The van der Waals surface area contributed by atoms with Gasteiger partial charge in [0.15, 0.2) is 0 Å². The van der Waals surface area contributed by atoms with Crippen LogP contribution in [0.1, 0.15) is 58.6 Å². The molecule has 1 rings (SSSR count). The first kappa shape index (κ1) is 15.0. The largest absolute Gasteiger partial charge is 0.491 e. The van der Waals surface area contributed by atoms with Crippen LogP contribution in [0.2, 0.25) is 0 Å². The predicted octanol–water partition coefficient (Wildman–Crippen LogP) is 4.31. The van der Waals surface area contributed by atoms with Gasteiger partial charge < -0.3 is 10.1 Å². The van der Waals surface area contributed by atoms with E-state index in [0.717, 1.165) is 18.7 Å². The Bertz CT molecular complexity index is 338. The van der Waals surface area contributed by atoms with Crippen molar-refractivity contribution in [2.45, 2.75) is 59.1 Å². The zero-order valence-corrected chi connectivity index (χ0v) is 12.2. The predicted molar refractivity (Wildman–Crippen MR) is 78.1 cm³/mol. The van der Waals surface area contributed by atoms with E-state index >= 15 is 0 Å². The third-order valence-electron chi connectivity index (χ3n) is 3.25. The molecule has 0 spiro atoms. The van der Waals surface area contributed by atoms with Gasteiger partial charge in [0, 0.05) is 6.04 Å². The number of ether oxygens (including phenoxy) is 1. The van der Waals surface area contributed by atoms with E-state index in [1.54, 1.807) is 0 Å². The van der Waals surface area contributed by atoms with E-state index in [-0.39, 0.29) is 6.10 Å². The molecule has 0 aliphatic rings. The zero-order chi connectivity index (χ0) is 13.4. The van der Waals surface area contributed by atoms with Gasteiger partial charge in [-0.3, -0.25) is 0 Å². The van der Waals surface area contributed by atoms with Crippen LogP contribution >= 0.6 is 0 Å². The SMILES string of the molecule is CCCCNC(C)c1cccc(OC(C)CC)c1. The molecule has 0 radical (unpaired) electrons. The summed E-state index contributed by atoms with van der Waals surface area (Å²) in [6.45, 7) is 9.75. The highest BCUT2D eigenvalue weighted by Gasteiger charge is 2.07. The number of unbranched alkanes of at least 4 members (excludes halogenated alkanes) is 1. The van der Waals surface area contributed by atoms with Crippen molar-refractivity contribution in [3.8, 4) is 5.75 Å². The van der Waals surface area contributed by atoms with Gasteiger partial charge in [-0.1, -0.05) is 32.4 Å². The van der Waals surface area contributed by atoms with Crippen LogP contribution in [0.3, 0.4) is 0 Å². The molecule has 1 N–H and O–H groups in total. The van der Waals surface area contributed by atoms with Crippen molar-refractivity contribution in [2.75, 3.05) is 6.54 Å². The highest BCUT2D eigenvalue weighted by Crippen LogP contribution is 2.20. The van der Waals surface area contributed by atoms with Crippen molar-refractivity contribution in [3.63, 3.8) is 0 Å². The summed E-state index contributed by atoms with van der Waals surface area (Å²) >= 11 is 0. The molecular formula is C16H27NO. The Hall–Kier alpha value is -1.02. The lowest BCUT2D eigenvalue weighted by Gasteiger charge is -2.17. The van der Waals surface area contributed by atoms with Gasteiger partial charge in [0.2, 0.25) is 0 Å². The monoisotopic (exact) mass is 249 g/mol. The Morgan fingerprint density at radius 1 is 1.22 bits per heavy atom. The van der Waals surface area contributed by atoms with Gasteiger partial charge in [0.05, 0.1) is 6.10 Å². The summed E-state index contributed by atoms with van der Waals surface area (Å²) in [6, 6.07) is 8.81. The first-order valence-corrected chi connectivity index (χ1v) is 7.17. The van der Waals surface area contributed by atoms with Crippen LogP contribution in [0, 0.1) is 0 Å². The molecule has 102 valence electrons. The molecule has 0 saturated carbocycles. The minimum absolute atomic E-state index is 0.281. The summed E-state index contributed by atoms with van der Waals surface area (Å²) in [5.41, 5.74) is 1.30. The average molecular weight is 249 g/mol. The zero-order valence-electron chi connectivity index (χ0n) is 12.2. The lowest BCUT2D eigenvalue weighted by molar-refractivity contribution is 0.217. The standard InChI is InChI=1S/C16H27NO/c1-5-7-11-17-14(4)15-9-8-10-16(12-15)18-13(3)6-2/h8-10,12-14,17H,5-7,11H2,1-4H3. The van der Waals surface area contributed by atoms with Crippen LogP contribution in [-0.2, 0) is 0 Å². The van der Waals surface area contributed by atoms with Crippen molar-refractivity contribution in [1.29, 1.82) is 0 Å². The molecule has 0 bridgehead atoms. The molecule has 0 amide bonds. The lowest BCUT2D eigenvalue weighted by Crippen LogP contribution is -2.19. The number of benzene rings is 1. The van der Waals surface area contributed by atoms with E-state index < -0.39 is 0 Å². The first-order chi connectivity index (χ1) is 8.67. The molecule has 2 unspecified atom stereocenters.